The summed E-state index contributed by atoms with van der Waals surface area (Å²) in [5, 5.41) is 15.4. The smallest absolute Gasteiger partial charge is 0.245 e. The largest absolute Gasteiger partial charge is 0.389 e. The molecule has 1 aromatic heterocycles. The van der Waals surface area contributed by atoms with E-state index in [1.807, 2.05) is 0 Å². The molecule has 0 radical (unpaired) electrons. The molecule has 1 aliphatic rings. The monoisotopic (exact) mass is 399 g/mol. The molecule has 1 aliphatic heterocycles. The van der Waals surface area contributed by atoms with Gasteiger partial charge < -0.3 is 20.7 Å². The molecular weight excluding hydrogens is 380 g/mol. The molecule has 4 rings (SSSR count). The van der Waals surface area contributed by atoms with Gasteiger partial charge in [-0.15, -0.1) is 0 Å². The van der Waals surface area contributed by atoms with Gasteiger partial charge in [-0.3, -0.25) is 9.59 Å². The molecule has 150 valence electrons. The fourth-order valence-electron chi connectivity index (χ4n) is 3.60. The first-order valence-electron chi connectivity index (χ1n) is 9.23. The number of aromatic amines is 1. The maximum atomic E-state index is 13.8. The van der Waals surface area contributed by atoms with E-state index in [-0.39, 0.29) is 25.2 Å². The van der Waals surface area contributed by atoms with Crippen LogP contribution in [0.5, 0.6) is 0 Å². The molecule has 2 heterocycles. The average Bonchev–Trinajstić information content (AvgIpc) is 3.21. The number of β-amino-alcohol motifs (C(OH)–C–C–N with tert-alkyl or cyclic N) is 1. The Hall–Kier alpha value is -3.26. The standard InChI is InChI=1S/C21H19F2N3O3/c22-12-3-1-11(2-4-12)19-14(15-9-13(23)5-7-16(15)25-19)6-8-18(28)26-20-17(27)10-24-21(20)29/h1-5,7,9,17,20,25,27H,6,8,10H2,(H,24,29)(H,26,28)/t17-,20+/m1/s1. The molecule has 0 aliphatic carbocycles. The third-order valence-corrected chi connectivity index (χ3v) is 5.07. The highest BCUT2D eigenvalue weighted by Gasteiger charge is 2.34. The van der Waals surface area contributed by atoms with E-state index in [0.29, 0.717) is 22.2 Å². The van der Waals surface area contributed by atoms with E-state index >= 15 is 0 Å². The number of carbonyl (C=O) groups is 2. The third-order valence-electron chi connectivity index (χ3n) is 5.07. The molecule has 29 heavy (non-hydrogen) atoms. The maximum Gasteiger partial charge on any atom is 0.245 e. The van der Waals surface area contributed by atoms with Gasteiger partial charge in [-0.25, -0.2) is 8.78 Å². The summed E-state index contributed by atoms with van der Waals surface area (Å²) in [5.74, 6) is -1.60. The number of aliphatic hydroxyl groups excluding tert-OH is 1. The summed E-state index contributed by atoms with van der Waals surface area (Å²) >= 11 is 0. The molecule has 2 atom stereocenters. The molecule has 2 aromatic carbocycles. The number of fused-ring (bicyclic) bond motifs is 1. The molecule has 1 fully saturated rings. The van der Waals surface area contributed by atoms with Crippen LogP contribution in [0.1, 0.15) is 12.0 Å². The first kappa shape index (κ1) is 19.1. The number of rotatable bonds is 5. The minimum atomic E-state index is -0.973. The normalized spacial score (nSPS) is 18.8. The van der Waals surface area contributed by atoms with Gasteiger partial charge in [0.2, 0.25) is 11.8 Å². The lowest BCUT2D eigenvalue weighted by atomic mass is 10.0. The first-order valence-corrected chi connectivity index (χ1v) is 9.23. The van der Waals surface area contributed by atoms with Gasteiger partial charge >= 0.3 is 0 Å². The van der Waals surface area contributed by atoms with Crippen LogP contribution in [0.25, 0.3) is 22.2 Å². The quantitative estimate of drug-likeness (QED) is 0.529. The minimum Gasteiger partial charge on any atom is -0.389 e. The number of halogens is 2. The molecule has 4 N–H and O–H groups in total. The number of hydrogen-bond donors (Lipinski definition) is 4. The summed E-state index contributed by atoms with van der Waals surface area (Å²) < 4.78 is 27.1. The number of nitrogens with one attached hydrogen (secondary N) is 3. The molecule has 0 spiro atoms. The summed E-state index contributed by atoms with van der Waals surface area (Å²) in [7, 11) is 0. The molecule has 2 amide bonds. The van der Waals surface area contributed by atoms with Gasteiger partial charge in [-0.2, -0.15) is 0 Å². The van der Waals surface area contributed by atoms with Crippen molar-refractivity contribution in [2.24, 2.45) is 0 Å². The van der Waals surface area contributed by atoms with Crippen molar-refractivity contribution < 1.29 is 23.5 Å². The van der Waals surface area contributed by atoms with Crippen molar-refractivity contribution in [3.63, 3.8) is 0 Å². The van der Waals surface area contributed by atoms with E-state index in [2.05, 4.69) is 15.6 Å². The number of aryl methyl sites for hydroxylation is 1. The summed E-state index contributed by atoms with van der Waals surface area (Å²) in [6.07, 6.45) is -0.663. The lowest BCUT2D eigenvalue weighted by Crippen LogP contribution is -2.45. The Morgan fingerprint density at radius 3 is 2.55 bits per heavy atom. The number of hydrogen-bond acceptors (Lipinski definition) is 3. The second kappa shape index (κ2) is 7.63. The van der Waals surface area contributed by atoms with Crippen LogP contribution in [-0.4, -0.2) is 40.6 Å². The molecule has 0 saturated carbocycles. The van der Waals surface area contributed by atoms with Crippen molar-refractivity contribution in [3.8, 4) is 11.3 Å². The molecule has 1 saturated heterocycles. The van der Waals surface area contributed by atoms with Gasteiger partial charge in [0.05, 0.1) is 0 Å². The second-order valence-electron chi connectivity index (χ2n) is 7.03. The van der Waals surface area contributed by atoms with Crippen molar-refractivity contribution in [1.82, 2.24) is 15.6 Å². The fraction of sp³-hybridized carbons (Fsp3) is 0.238. The average molecular weight is 399 g/mol. The van der Waals surface area contributed by atoms with Gasteiger partial charge in [-0.1, -0.05) is 0 Å². The number of aromatic nitrogens is 1. The Morgan fingerprint density at radius 1 is 1.14 bits per heavy atom. The van der Waals surface area contributed by atoms with Gasteiger partial charge in [-0.05, 0) is 60.0 Å². The van der Waals surface area contributed by atoms with Gasteiger partial charge in [0, 0.05) is 29.6 Å². The van der Waals surface area contributed by atoms with Crippen LogP contribution < -0.4 is 10.6 Å². The Morgan fingerprint density at radius 2 is 1.86 bits per heavy atom. The number of amides is 2. The van der Waals surface area contributed by atoms with Crippen molar-refractivity contribution >= 4 is 22.7 Å². The molecule has 0 unspecified atom stereocenters. The first-order chi connectivity index (χ1) is 13.9. The van der Waals surface area contributed by atoms with Crippen LogP contribution in [0.2, 0.25) is 0 Å². The van der Waals surface area contributed by atoms with Crippen LogP contribution in [0.4, 0.5) is 8.78 Å². The predicted octanol–water partition coefficient (Wildman–Crippen LogP) is 2.02. The summed E-state index contributed by atoms with van der Waals surface area (Å²) in [6, 6.07) is 9.25. The number of H-pyrrole nitrogens is 1. The molecular formula is C21H19F2N3O3. The third kappa shape index (κ3) is 3.84. The van der Waals surface area contributed by atoms with Gasteiger partial charge in [0.25, 0.3) is 0 Å². The zero-order valence-corrected chi connectivity index (χ0v) is 15.3. The molecule has 0 bridgehead atoms. The van der Waals surface area contributed by atoms with Crippen molar-refractivity contribution in [3.05, 3.63) is 59.7 Å². The van der Waals surface area contributed by atoms with Gasteiger partial charge in [0.1, 0.15) is 23.8 Å². The highest BCUT2D eigenvalue weighted by atomic mass is 19.1. The Labute approximate surface area is 164 Å². The number of aliphatic hydroxyl groups is 1. The van der Waals surface area contributed by atoms with Crippen LogP contribution in [-0.2, 0) is 16.0 Å². The topological polar surface area (TPSA) is 94.2 Å². The van der Waals surface area contributed by atoms with E-state index in [0.717, 1.165) is 5.56 Å². The van der Waals surface area contributed by atoms with E-state index in [9.17, 15) is 23.5 Å². The second-order valence-corrected chi connectivity index (χ2v) is 7.03. The summed E-state index contributed by atoms with van der Waals surface area (Å²) in [5.41, 5.74) is 2.81. The maximum absolute atomic E-state index is 13.8. The molecule has 6 nitrogen and oxygen atoms in total. The van der Waals surface area contributed by atoms with E-state index in [4.69, 9.17) is 0 Å². The Bertz CT molecular complexity index is 1080. The summed E-state index contributed by atoms with van der Waals surface area (Å²) in [4.78, 5) is 27.2. The van der Waals surface area contributed by atoms with Crippen LogP contribution in [0.15, 0.2) is 42.5 Å². The molecule has 8 heteroatoms. The fourth-order valence-corrected chi connectivity index (χ4v) is 3.60. The highest BCUT2D eigenvalue weighted by Crippen LogP contribution is 2.32. The Kier molecular flexibility index (Phi) is 5.02. The van der Waals surface area contributed by atoms with Crippen LogP contribution >= 0.6 is 0 Å². The number of carbonyl (C=O) groups excluding carboxylic acids is 2. The minimum absolute atomic E-state index is 0.0359. The van der Waals surface area contributed by atoms with E-state index < -0.39 is 29.8 Å². The van der Waals surface area contributed by atoms with Crippen molar-refractivity contribution in [1.29, 1.82) is 0 Å². The zero-order valence-electron chi connectivity index (χ0n) is 15.3. The summed E-state index contributed by atoms with van der Waals surface area (Å²) in [6.45, 7) is 0.0974. The lowest BCUT2D eigenvalue weighted by Gasteiger charge is -2.13. The molecule has 3 aromatic rings. The van der Waals surface area contributed by atoms with Gasteiger partial charge in [0.15, 0.2) is 0 Å². The van der Waals surface area contributed by atoms with E-state index in [1.54, 1.807) is 18.2 Å². The zero-order chi connectivity index (χ0) is 20.5. The Balaban J connectivity index is 1.60. The van der Waals surface area contributed by atoms with Crippen LogP contribution in [0.3, 0.4) is 0 Å². The highest BCUT2D eigenvalue weighted by molar-refractivity contribution is 5.92. The van der Waals surface area contributed by atoms with Crippen LogP contribution in [0, 0.1) is 11.6 Å². The van der Waals surface area contributed by atoms with Crippen molar-refractivity contribution in [2.75, 3.05) is 6.54 Å². The number of benzene rings is 2. The van der Waals surface area contributed by atoms with E-state index in [1.165, 1.54) is 24.3 Å². The SMILES string of the molecule is O=C(CCc1c(-c2ccc(F)cc2)[nH]c2ccc(F)cc12)N[C@@H]1C(=O)NC[C@H]1O. The lowest BCUT2D eigenvalue weighted by molar-refractivity contribution is -0.128. The predicted molar refractivity (Wildman–Crippen MR) is 103 cm³/mol. The van der Waals surface area contributed by atoms with Crippen molar-refractivity contribution in [2.45, 2.75) is 25.0 Å².